The highest BCUT2D eigenvalue weighted by Crippen LogP contribution is 2.51. The lowest BCUT2D eigenvalue weighted by molar-refractivity contribution is -0.0210. The average molecular weight is 416 g/mol. The van der Waals surface area contributed by atoms with Crippen LogP contribution in [-0.2, 0) is 0 Å². The van der Waals surface area contributed by atoms with Crippen molar-refractivity contribution in [1.29, 1.82) is 0 Å². The van der Waals surface area contributed by atoms with E-state index in [1.807, 2.05) is 53.5 Å². The fourth-order valence-electron chi connectivity index (χ4n) is 4.28. The van der Waals surface area contributed by atoms with Crippen LogP contribution in [0.3, 0.4) is 0 Å². The number of benzene rings is 3. The van der Waals surface area contributed by atoms with E-state index in [9.17, 15) is 0 Å². The first-order chi connectivity index (χ1) is 15.2. The Kier molecular flexibility index (Phi) is 4.90. The van der Waals surface area contributed by atoms with Crippen LogP contribution in [0.4, 0.5) is 0 Å². The van der Waals surface area contributed by atoms with Gasteiger partial charge in [-0.2, -0.15) is 5.10 Å². The summed E-state index contributed by atoms with van der Waals surface area (Å²) in [5, 5.41) is 7.05. The molecule has 2 atom stereocenters. The number of hydrazone groups is 1. The summed E-state index contributed by atoms with van der Waals surface area (Å²) >= 11 is 0. The minimum Gasteiger partial charge on any atom is -0.493 e. The Bertz CT molecular complexity index is 1130. The molecular weight excluding hydrogens is 392 g/mol. The van der Waals surface area contributed by atoms with Gasteiger partial charge in [0.2, 0.25) is 6.23 Å². The fraction of sp³-hybridized carbons (Fsp3) is 0.240. The van der Waals surface area contributed by atoms with Gasteiger partial charge < -0.3 is 18.9 Å². The third-order valence-electron chi connectivity index (χ3n) is 5.80. The zero-order valence-corrected chi connectivity index (χ0v) is 17.7. The van der Waals surface area contributed by atoms with Crippen LogP contribution in [0.1, 0.15) is 35.4 Å². The Morgan fingerprint density at radius 2 is 1.61 bits per heavy atom. The van der Waals surface area contributed by atoms with E-state index in [-0.39, 0.29) is 6.04 Å². The second kappa shape index (κ2) is 7.87. The number of hydrogen-bond donors (Lipinski definition) is 0. The highest BCUT2D eigenvalue weighted by molar-refractivity contribution is 6.01. The van der Waals surface area contributed by atoms with Gasteiger partial charge in [-0.1, -0.05) is 42.5 Å². The number of rotatable bonds is 5. The predicted molar refractivity (Wildman–Crippen MR) is 118 cm³/mol. The predicted octanol–water partition coefficient (Wildman–Crippen LogP) is 4.95. The van der Waals surface area contributed by atoms with Crippen LogP contribution in [0.2, 0.25) is 0 Å². The Morgan fingerprint density at radius 1 is 0.839 bits per heavy atom. The van der Waals surface area contributed by atoms with Crippen LogP contribution < -0.4 is 18.9 Å². The summed E-state index contributed by atoms with van der Waals surface area (Å²) in [6.45, 7) is 0. The summed E-state index contributed by atoms with van der Waals surface area (Å²) in [5.41, 5.74) is 4.16. The lowest BCUT2D eigenvalue weighted by atomic mass is 9.95. The topological polar surface area (TPSA) is 52.5 Å². The van der Waals surface area contributed by atoms with Gasteiger partial charge in [0, 0.05) is 17.5 Å². The molecule has 2 aliphatic heterocycles. The molecule has 0 bridgehead atoms. The molecule has 5 rings (SSSR count). The maximum Gasteiger partial charge on any atom is 0.214 e. The first kappa shape index (κ1) is 19.3. The van der Waals surface area contributed by atoms with Crippen molar-refractivity contribution >= 4 is 5.71 Å². The van der Waals surface area contributed by atoms with Crippen molar-refractivity contribution in [3.8, 4) is 23.0 Å². The third-order valence-corrected chi connectivity index (χ3v) is 5.80. The number of ether oxygens (including phenoxy) is 4. The second-order valence-corrected chi connectivity index (χ2v) is 7.48. The van der Waals surface area contributed by atoms with Crippen molar-refractivity contribution in [2.24, 2.45) is 5.10 Å². The summed E-state index contributed by atoms with van der Waals surface area (Å²) in [6.07, 6.45) is 0.368. The molecule has 0 saturated heterocycles. The molecule has 0 aromatic heterocycles. The molecule has 2 heterocycles. The summed E-state index contributed by atoms with van der Waals surface area (Å²) in [6, 6.07) is 22.1. The summed E-state index contributed by atoms with van der Waals surface area (Å²) < 4.78 is 23.1. The van der Waals surface area contributed by atoms with Crippen molar-refractivity contribution in [2.75, 3.05) is 21.3 Å². The molecule has 0 unspecified atom stereocenters. The first-order valence-electron chi connectivity index (χ1n) is 10.2. The molecule has 0 saturated carbocycles. The molecule has 0 fully saturated rings. The van der Waals surface area contributed by atoms with Crippen LogP contribution in [-0.4, -0.2) is 32.0 Å². The Labute approximate surface area is 181 Å². The van der Waals surface area contributed by atoms with Crippen molar-refractivity contribution < 1.29 is 18.9 Å². The number of hydrogen-bond acceptors (Lipinski definition) is 6. The van der Waals surface area contributed by atoms with E-state index in [1.165, 1.54) is 0 Å². The summed E-state index contributed by atoms with van der Waals surface area (Å²) in [4.78, 5) is 0. The standard InChI is InChI=1S/C25H24N2O4/c1-28-21-13-12-17(14-23(21)30-3)25-27-20(15-19(26-27)16-8-5-4-6-9-16)18-10-7-11-22(29-2)24(18)31-25/h4-14,20,25H,15H2,1-3H3/t20-,25+/m1/s1. The van der Waals surface area contributed by atoms with E-state index in [2.05, 4.69) is 18.2 Å². The monoisotopic (exact) mass is 416 g/mol. The Balaban J connectivity index is 1.62. The van der Waals surface area contributed by atoms with E-state index in [4.69, 9.17) is 24.0 Å². The molecular formula is C25H24N2O4. The number of para-hydroxylation sites is 1. The normalized spacial score (nSPS) is 19.1. The molecule has 0 amide bonds. The van der Waals surface area contributed by atoms with E-state index in [0.717, 1.165) is 40.3 Å². The van der Waals surface area contributed by atoms with Crippen molar-refractivity contribution in [3.63, 3.8) is 0 Å². The van der Waals surface area contributed by atoms with Gasteiger partial charge >= 0.3 is 0 Å². The van der Waals surface area contributed by atoms with Crippen LogP contribution in [0.25, 0.3) is 0 Å². The van der Waals surface area contributed by atoms with Gasteiger partial charge in [0.25, 0.3) is 0 Å². The van der Waals surface area contributed by atoms with Crippen LogP contribution in [0.5, 0.6) is 23.0 Å². The smallest absolute Gasteiger partial charge is 0.214 e. The SMILES string of the molecule is COc1ccc([C@@H]2Oc3c(OC)cccc3[C@H]3CC(c4ccccc4)=NN32)cc1OC. The maximum absolute atomic E-state index is 6.51. The molecule has 158 valence electrons. The fourth-order valence-corrected chi connectivity index (χ4v) is 4.28. The highest BCUT2D eigenvalue weighted by atomic mass is 16.5. The van der Waals surface area contributed by atoms with E-state index >= 15 is 0 Å². The number of fused-ring (bicyclic) bond motifs is 3. The molecule has 6 nitrogen and oxygen atoms in total. The van der Waals surface area contributed by atoms with Crippen molar-refractivity contribution in [3.05, 3.63) is 83.4 Å². The highest BCUT2D eigenvalue weighted by Gasteiger charge is 2.42. The quantitative estimate of drug-likeness (QED) is 0.589. The lowest BCUT2D eigenvalue weighted by Crippen LogP contribution is -2.33. The molecule has 6 heteroatoms. The van der Waals surface area contributed by atoms with Gasteiger partial charge in [-0.3, -0.25) is 0 Å². The molecule has 0 spiro atoms. The van der Waals surface area contributed by atoms with E-state index in [0.29, 0.717) is 11.5 Å². The third kappa shape index (κ3) is 3.24. The number of nitrogens with zero attached hydrogens (tertiary/aromatic N) is 2. The van der Waals surface area contributed by atoms with Crippen molar-refractivity contribution in [2.45, 2.75) is 18.7 Å². The van der Waals surface area contributed by atoms with Gasteiger partial charge in [0.1, 0.15) is 0 Å². The average Bonchev–Trinajstić information content (AvgIpc) is 3.29. The van der Waals surface area contributed by atoms with Crippen LogP contribution >= 0.6 is 0 Å². The van der Waals surface area contributed by atoms with Gasteiger partial charge in [-0.25, -0.2) is 5.01 Å². The van der Waals surface area contributed by atoms with Gasteiger partial charge in [0.15, 0.2) is 23.0 Å². The maximum atomic E-state index is 6.51. The molecule has 3 aromatic carbocycles. The van der Waals surface area contributed by atoms with Gasteiger partial charge in [-0.05, 0) is 29.8 Å². The van der Waals surface area contributed by atoms with Crippen LogP contribution in [0.15, 0.2) is 71.8 Å². The molecule has 0 N–H and O–H groups in total. The number of methoxy groups -OCH3 is 3. The van der Waals surface area contributed by atoms with Gasteiger partial charge in [-0.15, -0.1) is 0 Å². The Morgan fingerprint density at radius 3 is 2.35 bits per heavy atom. The minimum absolute atomic E-state index is 0.0483. The molecule has 2 aliphatic rings. The van der Waals surface area contributed by atoms with Gasteiger partial charge in [0.05, 0.1) is 33.1 Å². The largest absolute Gasteiger partial charge is 0.493 e. The van der Waals surface area contributed by atoms with Crippen LogP contribution in [0, 0.1) is 0 Å². The minimum atomic E-state index is -0.421. The zero-order chi connectivity index (χ0) is 21.4. The summed E-state index contributed by atoms with van der Waals surface area (Å²) in [7, 11) is 4.92. The second-order valence-electron chi connectivity index (χ2n) is 7.48. The zero-order valence-electron chi connectivity index (χ0n) is 17.7. The lowest BCUT2D eigenvalue weighted by Gasteiger charge is -2.38. The molecule has 0 radical (unpaired) electrons. The first-order valence-corrected chi connectivity index (χ1v) is 10.2. The Hall–Kier alpha value is -3.67. The molecule has 0 aliphatic carbocycles. The summed E-state index contributed by atoms with van der Waals surface area (Å²) in [5.74, 6) is 2.80. The molecule has 31 heavy (non-hydrogen) atoms. The molecule has 3 aromatic rings. The van der Waals surface area contributed by atoms with E-state index in [1.54, 1.807) is 21.3 Å². The van der Waals surface area contributed by atoms with Crippen molar-refractivity contribution in [1.82, 2.24) is 5.01 Å². The van der Waals surface area contributed by atoms with E-state index < -0.39 is 6.23 Å².